The van der Waals surface area contributed by atoms with Crippen LogP contribution < -0.4 is 10.6 Å². The molecule has 1 rings (SSSR count). The second-order valence-corrected chi connectivity index (χ2v) is 4.16. The van der Waals surface area contributed by atoms with Gasteiger partial charge in [0.25, 0.3) is 11.8 Å². The predicted molar refractivity (Wildman–Crippen MR) is 73.0 cm³/mol. The monoisotopic (exact) mass is 295 g/mol. The zero-order chi connectivity index (χ0) is 15.8. The van der Waals surface area contributed by atoms with Crippen molar-refractivity contribution >= 4 is 17.8 Å². The van der Waals surface area contributed by atoms with Gasteiger partial charge in [0.05, 0.1) is 5.56 Å². The highest BCUT2D eigenvalue weighted by Gasteiger charge is 2.20. The second-order valence-electron chi connectivity index (χ2n) is 4.16. The maximum Gasteiger partial charge on any atom is 0.326 e. The fourth-order valence-electron chi connectivity index (χ4n) is 1.53. The molecule has 1 atom stereocenters. The summed E-state index contributed by atoms with van der Waals surface area (Å²) in [4.78, 5) is 38.1. The molecule has 0 aromatic carbocycles. The first-order valence-electron chi connectivity index (χ1n) is 6.20. The Morgan fingerprint density at radius 1 is 1.33 bits per heavy atom. The van der Waals surface area contributed by atoms with E-state index in [0.29, 0.717) is 0 Å². The number of pyridine rings is 1. The lowest BCUT2D eigenvalue weighted by molar-refractivity contribution is -0.139. The van der Waals surface area contributed by atoms with Crippen molar-refractivity contribution in [1.82, 2.24) is 15.6 Å². The van der Waals surface area contributed by atoms with Crippen molar-refractivity contribution in [2.45, 2.75) is 12.5 Å². The topological polar surface area (TPSA) is 118 Å². The van der Waals surface area contributed by atoms with Crippen molar-refractivity contribution < 1.29 is 24.2 Å². The molecule has 3 N–H and O–H groups in total. The lowest BCUT2D eigenvalue weighted by Crippen LogP contribution is -2.41. The molecule has 0 spiro atoms. The zero-order valence-corrected chi connectivity index (χ0v) is 11.8. The smallest absolute Gasteiger partial charge is 0.326 e. The van der Waals surface area contributed by atoms with Crippen LogP contribution in [-0.2, 0) is 9.53 Å². The largest absolute Gasteiger partial charge is 0.480 e. The first-order chi connectivity index (χ1) is 9.99. The Kier molecular flexibility index (Phi) is 6.28. The van der Waals surface area contributed by atoms with E-state index in [9.17, 15) is 14.4 Å². The van der Waals surface area contributed by atoms with Crippen molar-refractivity contribution in [3.05, 3.63) is 29.6 Å². The third-order valence-electron chi connectivity index (χ3n) is 2.70. The van der Waals surface area contributed by atoms with Crippen LogP contribution in [0.4, 0.5) is 0 Å². The standard InChI is InChI=1S/C13H17N3O5/c1-14-12(18)9-4-3-8(7-15-9)11(17)16-10(13(19)20)5-6-21-2/h3-4,7,10H,5-6H2,1-2H3,(H,14,18)(H,16,17)(H,19,20). The number of aromatic nitrogens is 1. The Balaban J connectivity index is 2.73. The third kappa shape index (κ3) is 4.84. The molecule has 0 saturated heterocycles. The van der Waals surface area contributed by atoms with Crippen LogP contribution in [0.5, 0.6) is 0 Å². The summed E-state index contributed by atoms with van der Waals surface area (Å²) in [6, 6.07) is 1.75. The SMILES string of the molecule is CNC(=O)c1ccc(C(=O)NC(CCOC)C(=O)O)cn1. The molecule has 0 aliphatic rings. The molecule has 0 aliphatic heterocycles. The van der Waals surface area contributed by atoms with E-state index in [1.165, 1.54) is 32.5 Å². The van der Waals surface area contributed by atoms with Crippen LogP contribution in [0.15, 0.2) is 18.3 Å². The van der Waals surface area contributed by atoms with Gasteiger partial charge in [0, 0.05) is 33.4 Å². The molecule has 21 heavy (non-hydrogen) atoms. The van der Waals surface area contributed by atoms with E-state index >= 15 is 0 Å². The molecule has 114 valence electrons. The Labute approximate surface area is 121 Å². The average molecular weight is 295 g/mol. The first kappa shape index (κ1) is 16.6. The summed E-state index contributed by atoms with van der Waals surface area (Å²) in [7, 11) is 2.92. The van der Waals surface area contributed by atoms with Gasteiger partial charge in [0.1, 0.15) is 11.7 Å². The van der Waals surface area contributed by atoms with Gasteiger partial charge in [0.2, 0.25) is 0 Å². The number of nitrogens with one attached hydrogen (secondary N) is 2. The number of rotatable bonds is 7. The number of hydrogen-bond donors (Lipinski definition) is 3. The number of carbonyl (C=O) groups is 3. The number of ether oxygens (including phenoxy) is 1. The zero-order valence-electron chi connectivity index (χ0n) is 11.8. The van der Waals surface area contributed by atoms with Crippen molar-refractivity contribution in [2.75, 3.05) is 20.8 Å². The average Bonchev–Trinajstić information content (AvgIpc) is 2.50. The summed E-state index contributed by atoms with van der Waals surface area (Å²) in [6.45, 7) is 0.213. The molecule has 0 saturated carbocycles. The van der Waals surface area contributed by atoms with Crippen LogP contribution in [0.1, 0.15) is 27.3 Å². The molecule has 1 aromatic rings. The van der Waals surface area contributed by atoms with Crippen molar-refractivity contribution in [2.24, 2.45) is 0 Å². The minimum atomic E-state index is -1.14. The van der Waals surface area contributed by atoms with Gasteiger partial charge in [-0.15, -0.1) is 0 Å². The summed E-state index contributed by atoms with van der Waals surface area (Å²) in [5.41, 5.74) is 0.342. The fraction of sp³-hybridized carbons (Fsp3) is 0.385. The van der Waals surface area contributed by atoms with E-state index in [0.717, 1.165) is 0 Å². The van der Waals surface area contributed by atoms with Crippen LogP contribution >= 0.6 is 0 Å². The molecule has 1 unspecified atom stereocenters. The van der Waals surface area contributed by atoms with Gasteiger partial charge in [-0.3, -0.25) is 14.6 Å². The van der Waals surface area contributed by atoms with Gasteiger partial charge in [-0.1, -0.05) is 0 Å². The van der Waals surface area contributed by atoms with E-state index in [-0.39, 0.29) is 30.2 Å². The molecule has 8 nitrogen and oxygen atoms in total. The number of aliphatic carboxylic acids is 1. The number of nitrogens with zero attached hydrogens (tertiary/aromatic N) is 1. The van der Waals surface area contributed by atoms with Crippen LogP contribution in [-0.4, -0.2) is 54.7 Å². The maximum atomic E-state index is 11.9. The Morgan fingerprint density at radius 3 is 2.52 bits per heavy atom. The number of carboxylic acids is 1. The molecule has 0 radical (unpaired) electrons. The summed E-state index contributed by atoms with van der Waals surface area (Å²) in [5.74, 6) is -2.09. The Hall–Kier alpha value is -2.48. The molecular formula is C13H17N3O5. The number of amides is 2. The molecule has 2 amide bonds. The summed E-state index contributed by atoms with van der Waals surface area (Å²) in [6.07, 6.45) is 1.37. The van der Waals surface area contributed by atoms with Crippen molar-refractivity contribution in [3.63, 3.8) is 0 Å². The van der Waals surface area contributed by atoms with E-state index < -0.39 is 17.9 Å². The maximum absolute atomic E-state index is 11.9. The van der Waals surface area contributed by atoms with Gasteiger partial charge in [-0.25, -0.2) is 4.79 Å². The lowest BCUT2D eigenvalue weighted by Gasteiger charge is -2.13. The Morgan fingerprint density at radius 2 is 2.05 bits per heavy atom. The highest BCUT2D eigenvalue weighted by atomic mass is 16.5. The molecule has 8 heteroatoms. The van der Waals surface area contributed by atoms with E-state index in [1.54, 1.807) is 0 Å². The molecule has 0 bridgehead atoms. The van der Waals surface area contributed by atoms with Crippen molar-refractivity contribution in [1.29, 1.82) is 0 Å². The molecule has 0 aliphatic carbocycles. The fourth-order valence-corrected chi connectivity index (χ4v) is 1.53. The molecule has 1 heterocycles. The van der Waals surface area contributed by atoms with E-state index in [4.69, 9.17) is 9.84 Å². The van der Waals surface area contributed by atoms with Crippen molar-refractivity contribution in [3.8, 4) is 0 Å². The van der Waals surface area contributed by atoms with E-state index in [2.05, 4.69) is 15.6 Å². The normalized spacial score (nSPS) is 11.5. The van der Waals surface area contributed by atoms with Gasteiger partial charge in [-0.05, 0) is 12.1 Å². The first-order valence-corrected chi connectivity index (χ1v) is 6.20. The minimum absolute atomic E-state index is 0.154. The number of carbonyl (C=O) groups excluding carboxylic acids is 2. The highest BCUT2D eigenvalue weighted by molar-refractivity contribution is 5.97. The quantitative estimate of drug-likeness (QED) is 0.633. The van der Waals surface area contributed by atoms with Crippen LogP contribution in [0.3, 0.4) is 0 Å². The molecular weight excluding hydrogens is 278 g/mol. The summed E-state index contributed by atoms with van der Waals surface area (Å²) >= 11 is 0. The van der Waals surface area contributed by atoms with Crippen LogP contribution in [0.2, 0.25) is 0 Å². The van der Waals surface area contributed by atoms with Gasteiger partial charge in [-0.2, -0.15) is 0 Å². The molecule has 0 fully saturated rings. The highest BCUT2D eigenvalue weighted by Crippen LogP contribution is 2.02. The van der Waals surface area contributed by atoms with Crippen LogP contribution in [0.25, 0.3) is 0 Å². The van der Waals surface area contributed by atoms with Gasteiger partial charge < -0.3 is 20.5 Å². The van der Waals surface area contributed by atoms with Gasteiger partial charge in [0.15, 0.2) is 0 Å². The predicted octanol–water partition coefficient (Wildman–Crippen LogP) is -0.339. The second kappa shape index (κ2) is 7.95. The van der Waals surface area contributed by atoms with E-state index in [1.807, 2.05) is 0 Å². The lowest BCUT2D eigenvalue weighted by atomic mass is 10.2. The summed E-state index contributed by atoms with van der Waals surface area (Å²) in [5, 5.41) is 13.8. The number of methoxy groups -OCH3 is 1. The molecule has 1 aromatic heterocycles. The van der Waals surface area contributed by atoms with Crippen LogP contribution in [0, 0.1) is 0 Å². The number of carboxylic acid groups (broad SMARTS) is 1. The summed E-state index contributed by atoms with van der Waals surface area (Å²) < 4.78 is 4.79. The van der Waals surface area contributed by atoms with Gasteiger partial charge >= 0.3 is 5.97 Å². The number of hydrogen-bond acceptors (Lipinski definition) is 5. The third-order valence-corrected chi connectivity index (χ3v) is 2.70. The Bertz CT molecular complexity index is 515. The minimum Gasteiger partial charge on any atom is -0.480 e.